The normalized spacial score (nSPS) is 15.9. The van der Waals surface area contributed by atoms with E-state index in [1.165, 1.54) is 0 Å². The summed E-state index contributed by atoms with van der Waals surface area (Å²) in [7, 11) is 1.65. The molecule has 2 aliphatic heterocycles. The molecule has 0 aliphatic carbocycles. The van der Waals surface area contributed by atoms with Crippen molar-refractivity contribution in [2.45, 2.75) is 13.8 Å². The maximum atomic E-state index is 12.3. The summed E-state index contributed by atoms with van der Waals surface area (Å²) in [6.45, 7) is 6.74. The summed E-state index contributed by atoms with van der Waals surface area (Å²) in [5.74, 6) is 3.33. The predicted molar refractivity (Wildman–Crippen MR) is 109 cm³/mol. The number of rotatable bonds is 2. The lowest BCUT2D eigenvalue weighted by Crippen LogP contribution is -2.51. The monoisotopic (exact) mass is 379 g/mol. The molecule has 1 amide bonds. The first-order valence-corrected chi connectivity index (χ1v) is 9.64. The van der Waals surface area contributed by atoms with Crippen LogP contribution < -0.4 is 9.47 Å². The summed E-state index contributed by atoms with van der Waals surface area (Å²) >= 11 is 0. The third-order valence-electron chi connectivity index (χ3n) is 5.12. The second-order valence-corrected chi connectivity index (χ2v) is 7.33. The zero-order valence-electron chi connectivity index (χ0n) is 16.5. The number of para-hydroxylation sites is 2. The zero-order chi connectivity index (χ0) is 19.7. The number of amidine groups is 1. The van der Waals surface area contributed by atoms with Crippen LogP contribution in [0, 0.1) is 5.92 Å². The highest BCUT2D eigenvalue weighted by Crippen LogP contribution is 2.39. The number of piperazine rings is 1. The molecule has 0 bridgehead atoms. The van der Waals surface area contributed by atoms with Crippen molar-refractivity contribution in [2.75, 3.05) is 33.3 Å². The van der Waals surface area contributed by atoms with Gasteiger partial charge < -0.3 is 19.3 Å². The van der Waals surface area contributed by atoms with E-state index in [2.05, 4.69) is 4.90 Å². The third kappa shape index (κ3) is 3.42. The minimum Gasteiger partial charge on any atom is -0.497 e. The number of nitrogens with zero attached hydrogens (tertiary/aromatic N) is 3. The topological polar surface area (TPSA) is 54.4 Å². The van der Waals surface area contributed by atoms with Gasteiger partial charge in [-0.1, -0.05) is 26.0 Å². The van der Waals surface area contributed by atoms with E-state index in [0.717, 1.165) is 47.4 Å². The van der Waals surface area contributed by atoms with Gasteiger partial charge in [0.05, 0.1) is 12.7 Å². The molecule has 0 aromatic heterocycles. The number of amides is 1. The summed E-state index contributed by atoms with van der Waals surface area (Å²) in [4.78, 5) is 21.4. The van der Waals surface area contributed by atoms with E-state index in [0.29, 0.717) is 13.1 Å². The standard InChI is InChI=1S/C22H25N3O3/c1-15(2)22(26)25-12-10-24(11-13-25)21-17-14-16(27-3)8-9-19(17)28-20-7-5-4-6-18(20)23-21/h4-9,14-15H,10-13H2,1-3H3. The van der Waals surface area contributed by atoms with Crippen LogP contribution in [0.2, 0.25) is 0 Å². The molecule has 6 nitrogen and oxygen atoms in total. The molecule has 1 fully saturated rings. The molecule has 2 heterocycles. The van der Waals surface area contributed by atoms with Crippen LogP contribution in [-0.2, 0) is 4.79 Å². The summed E-state index contributed by atoms with van der Waals surface area (Å²) < 4.78 is 11.6. The van der Waals surface area contributed by atoms with Crippen LogP contribution in [0.15, 0.2) is 47.5 Å². The van der Waals surface area contributed by atoms with E-state index in [1.807, 2.05) is 61.2 Å². The highest BCUT2D eigenvalue weighted by molar-refractivity contribution is 6.04. The van der Waals surface area contributed by atoms with E-state index in [1.54, 1.807) is 7.11 Å². The van der Waals surface area contributed by atoms with Gasteiger partial charge in [0, 0.05) is 32.1 Å². The van der Waals surface area contributed by atoms with Gasteiger partial charge in [-0.05, 0) is 30.3 Å². The van der Waals surface area contributed by atoms with Gasteiger partial charge in [0.2, 0.25) is 5.91 Å². The number of aliphatic imine (C=N–C) groups is 1. The Bertz CT molecular complexity index is 915. The molecule has 6 heteroatoms. The Morgan fingerprint density at radius 3 is 2.54 bits per heavy atom. The number of fused-ring (bicyclic) bond motifs is 2. The molecule has 2 aliphatic rings. The van der Waals surface area contributed by atoms with E-state index < -0.39 is 0 Å². The van der Waals surface area contributed by atoms with Crippen LogP contribution in [0.5, 0.6) is 17.2 Å². The third-order valence-corrected chi connectivity index (χ3v) is 5.12. The lowest BCUT2D eigenvalue weighted by Gasteiger charge is -2.37. The van der Waals surface area contributed by atoms with Crippen LogP contribution >= 0.6 is 0 Å². The summed E-state index contributed by atoms with van der Waals surface area (Å²) in [5, 5.41) is 0. The highest BCUT2D eigenvalue weighted by Gasteiger charge is 2.28. The average molecular weight is 379 g/mol. The molecular weight excluding hydrogens is 354 g/mol. The van der Waals surface area contributed by atoms with Gasteiger partial charge in [0.25, 0.3) is 0 Å². The molecule has 146 valence electrons. The fourth-order valence-electron chi connectivity index (χ4n) is 3.57. The summed E-state index contributed by atoms with van der Waals surface area (Å²) in [5.41, 5.74) is 1.70. The Kier molecular flexibility index (Phi) is 4.94. The van der Waals surface area contributed by atoms with Crippen molar-refractivity contribution < 1.29 is 14.3 Å². The number of hydrogen-bond acceptors (Lipinski definition) is 5. The fraction of sp³-hybridized carbons (Fsp3) is 0.364. The van der Waals surface area contributed by atoms with Gasteiger partial charge in [-0.25, -0.2) is 4.99 Å². The second-order valence-electron chi connectivity index (χ2n) is 7.33. The quantitative estimate of drug-likeness (QED) is 0.799. The van der Waals surface area contributed by atoms with E-state index in [4.69, 9.17) is 14.5 Å². The SMILES string of the molecule is COc1ccc2c(c1)C(N1CCN(C(=O)C(C)C)CC1)=Nc1ccccc1O2. The Labute approximate surface area is 165 Å². The minimum absolute atomic E-state index is 0.0204. The fourth-order valence-corrected chi connectivity index (χ4v) is 3.57. The van der Waals surface area contributed by atoms with Crippen LogP contribution in [0.25, 0.3) is 0 Å². The molecule has 1 saturated heterocycles. The Morgan fingerprint density at radius 2 is 1.82 bits per heavy atom. The Hall–Kier alpha value is -3.02. The van der Waals surface area contributed by atoms with Crippen molar-refractivity contribution >= 4 is 17.4 Å². The Morgan fingerprint density at radius 1 is 1.07 bits per heavy atom. The van der Waals surface area contributed by atoms with Gasteiger partial charge >= 0.3 is 0 Å². The lowest BCUT2D eigenvalue weighted by molar-refractivity contribution is -0.135. The molecule has 0 radical (unpaired) electrons. The maximum Gasteiger partial charge on any atom is 0.225 e. The molecule has 28 heavy (non-hydrogen) atoms. The number of ether oxygens (including phenoxy) is 2. The van der Waals surface area contributed by atoms with Gasteiger partial charge in [-0.15, -0.1) is 0 Å². The molecule has 2 aromatic carbocycles. The summed E-state index contributed by atoms with van der Waals surface area (Å²) in [6.07, 6.45) is 0. The number of methoxy groups -OCH3 is 1. The highest BCUT2D eigenvalue weighted by atomic mass is 16.5. The van der Waals surface area contributed by atoms with Crippen LogP contribution in [0.1, 0.15) is 19.4 Å². The van der Waals surface area contributed by atoms with Crippen molar-refractivity contribution in [3.63, 3.8) is 0 Å². The molecule has 0 saturated carbocycles. The van der Waals surface area contributed by atoms with Gasteiger partial charge in [-0.3, -0.25) is 4.79 Å². The maximum absolute atomic E-state index is 12.3. The van der Waals surface area contributed by atoms with Gasteiger partial charge in [0.1, 0.15) is 23.0 Å². The number of benzene rings is 2. The molecule has 4 rings (SSSR count). The zero-order valence-corrected chi connectivity index (χ0v) is 16.5. The van der Waals surface area contributed by atoms with Crippen molar-refractivity contribution in [3.8, 4) is 17.2 Å². The van der Waals surface area contributed by atoms with Crippen molar-refractivity contribution in [3.05, 3.63) is 48.0 Å². The van der Waals surface area contributed by atoms with E-state index in [-0.39, 0.29) is 11.8 Å². The molecule has 0 atom stereocenters. The van der Waals surface area contributed by atoms with Crippen molar-refractivity contribution in [1.29, 1.82) is 0 Å². The number of hydrogen-bond donors (Lipinski definition) is 0. The van der Waals surface area contributed by atoms with Crippen LogP contribution in [0.4, 0.5) is 5.69 Å². The first-order valence-electron chi connectivity index (χ1n) is 9.64. The predicted octanol–water partition coefficient (Wildman–Crippen LogP) is 3.68. The van der Waals surface area contributed by atoms with E-state index >= 15 is 0 Å². The second kappa shape index (κ2) is 7.54. The largest absolute Gasteiger partial charge is 0.497 e. The minimum atomic E-state index is 0.0204. The van der Waals surface area contributed by atoms with Crippen LogP contribution in [-0.4, -0.2) is 54.8 Å². The number of carbonyl (C=O) groups excluding carboxylic acids is 1. The van der Waals surface area contributed by atoms with E-state index in [9.17, 15) is 4.79 Å². The molecular formula is C22H25N3O3. The van der Waals surface area contributed by atoms with Crippen molar-refractivity contribution in [1.82, 2.24) is 9.80 Å². The first-order chi connectivity index (χ1) is 13.6. The molecule has 2 aromatic rings. The average Bonchev–Trinajstić information content (AvgIpc) is 2.89. The smallest absolute Gasteiger partial charge is 0.225 e. The Balaban J connectivity index is 1.69. The van der Waals surface area contributed by atoms with Crippen LogP contribution in [0.3, 0.4) is 0 Å². The van der Waals surface area contributed by atoms with Gasteiger partial charge in [-0.2, -0.15) is 0 Å². The first kappa shape index (κ1) is 18.3. The molecule has 0 spiro atoms. The molecule has 0 N–H and O–H groups in total. The van der Waals surface area contributed by atoms with Gasteiger partial charge in [0.15, 0.2) is 5.75 Å². The molecule has 0 unspecified atom stereocenters. The number of carbonyl (C=O) groups is 1. The van der Waals surface area contributed by atoms with Crippen molar-refractivity contribution in [2.24, 2.45) is 10.9 Å². The summed E-state index contributed by atoms with van der Waals surface area (Å²) in [6, 6.07) is 13.6. The lowest BCUT2D eigenvalue weighted by atomic mass is 10.1.